The number of piperazine rings is 1. The van der Waals surface area contributed by atoms with Crippen molar-refractivity contribution in [2.45, 2.75) is 25.8 Å². The molecule has 2 rings (SSSR count). The number of furan rings is 1. The Morgan fingerprint density at radius 2 is 2.18 bits per heavy atom. The zero-order chi connectivity index (χ0) is 12.3. The average Bonchev–Trinajstić information content (AvgIpc) is 2.83. The molecule has 0 saturated carbocycles. The highest BCUT2D eigenvalue weighted by Gasteiger charge is 2.34. The third-order valence-corrected chi connectivity index (χ3v) is 3.50. The maximum atomic E-state index is 12.3. The maximum absolute atomic E-state index is 12.3. The van der Waals surface area contributed by atoms with Crippen molar-refractivity contribution in [2.75, 3.05) is 26.2 Å². The molecule has 0 atom stereocenters. The average molecular weight is 236 g/mol. The molecule has 0 unspecified atom stereocenters. The van der Waals surface area contributed by atoms with E-state index >= 15 is 0 Å². The number of hydrogen-bond acceptors (Lipinski definition) is 4. The number of carbonyl (C=O) groups excluding carboxylic acids is 1. The molecule has 0 aromatic carbocycles. The van der Waals surface area contributed by atoms with Gasteiger partial charge in [0, 0.05) is 26.2 Å². The van der Waals surface area contributed by atoms with Crippen molar-refractivity contribution in [3.8, 4) is 0 Å². The summed E-state index contributed by atoms with van der Waals surface area (Å²) < 4.78 is 5.23. The summed E-state index contributed by atoms with van der Waals surface area (Å²) in [4.78, 5) is 14.6. The van der Waals surface area contributed by atoms with Gasteiger partial charge in [-0.15, -0.1) is 0 Å². The molecule has 0 aliphatic carbocycles. The molecule has 0 amide bonds. The van der Waals surface area contributed by atoms with Gasteiger partial charge in [0.05, 0.1) is 18.2 Å². The summed E-state index contributed by atoms with van der Waals surface area (Å²) in [6.07, 6.45) is 1.99. The molecule has 1 N–H and O–H groups in total. The summed E-state index contributed by atoms with van der Waals surface area (Å²) in [6, 6.07) is 3.67. The van der Waals surface area contributed by atoms with Gasteiger partial charge in [-0.2, -0.15) is 0 Å². The molecule has 0 radical (unpaired) electrons. The maximum Gasteiger partial charge on any atom is 0.160 e. The summed E-state index contributed by atoms with van der Waals surface area (Å²) in [5.74, 6) is 0.965. The first-order valence-electron chi connectivity index (χ1n) is 6.12. The molecule has 1 saturated heterocycles. The first kappa shape index (κ1) is 12.3. The number of rotatable bonds is 4. The zero-order valence-electron chi connectivity index (χ0n) is 10.5. The third-order valence-electron chi connectivity index (χ3n) is 3.50. The largest absolute Gasteiger partial charge is 0.469 e. The van der Waals surface area contributed by atoms with Gasteiger partial charge in [0.15, 0.2) is 5.78 Å². The lowest BCUT2D eigenvalue weighted by molar-refractivity contribution is -0.129. The van der Waals surface area contributed by atoms with Crippen LogP contribution in [0.2, 0.25) is 0 Å². The number of ketones is 1. The minimum atomic E-state index is -0.408. The van der Waals surface area contributed by atoms with Crippen LogP contribution >= 0.6 is 0 Å². The second-order valence-electron chi connectivity index (χ2n) is 4.98. The fourth-order valence-corrected chi connectivity index (χ4v) is 2.19. The molecule has 2 heterocycles. The summed E-state index contributed by atoms with van der Waals surface area (Å²) >= 11 is 0. The van der Waals surface area contributed by atoms with Crippen molar-refractivity contribution < 1.29 is 9.21 Å². The van der Waals surface area contributed by atoms with E-state index in [0.29, 0.717) is 6.42 Å². The Hall–Kier alpha value is -1.13. The fourth-order valence-electron chi connectivity index (χ4n) is 2.19. The van der Waals surface area contributed by atoms with Crippen molar-refractivity contribution in [3.05, 3.63) is 24.2 Å². The number of hydrogen-bond donors (Lipinski definition) is 1. The Balaban J connectivity index is 2.00. The van der Waals surface area contributed by atoms with Crippen LogP contribution in [0.15, 0.2) is 22.8 Å². The second kappa shape index (κ2) is 5.02. The van der Waals surface area contributed by atoms with Crippen LogP contribution in [0, 0.1) is 0 Å². The van der Waals surface area contributed by atoms with Crippen LogP contribution in [0.4, 0.5) is 0 Å². The third kappa shape index (κ3) is 2.76. The van der Waals surface area contributed by atoms with Gasteiger partial charge < -0.3 is 9.73 Å². The van der Waals surface area contributed by atoms with E-state index in [9.17, 15) is 4.79 Å². The normalized spacial score (nSPS) is 18.2. The summed E-state index contributed by atoms with van der Waals surface area (Å²) in [6.45, 7) is 7.77. The Kier molecular flexibility index (Phi) is 3.64. The predicted molar refractivity (Wildman–Crippen MR) is 65.9 cm³/mol. The van der Waals surface area contributed by atoms with E-state index in [-0.39, 0.29) is 5.78 Å². The first-order chi connectivity index (χ1) is 8.10. The number of nitrogens with zero attached hydrogens (tertiary/aromatic N) is 1. The standard InChI is InChI=1S/C13H20N2O2/c1-13(2,15-7-5-14-6-8-15)12(16)10-11-4-3-9-17-11/h3-4,9,14H,5-8,10H2,1-2H3. The minimum Gasteiger partial charge on any atom is -0.469 e. The van der Waals surface area contributed by atoms with Crippen molar-refractivity contribution >= 4 is 5.78 Å². The highest BCUT2D eigenvalue weighted by molar-refractivity contribution is 5.89. The van der Waals surface area contributed by atoms with Crippen molar-refractivity contribution in [1.82, 2.24) is 10.2 Å². The van der Waals surface area contributed by atoms with Crippen LogP contribution in [0.5, 0.6) is 0 Å². The highest BCUT2D eigenvalue weighted by Crippen LogP contribution is 2.19. The van der Waals surface area contributed by atoms with E-state index in [1.807, 2.05) is 26.0 Å². The number of Topliss-reactive ketones (excluding diaryl/α,β-unsaturated/α-hetero) is 1. The van der Waals surface area contributed by atoms with Gasteiger partial charge >= 0.3 is 0 Å². The van der Waals surface area contributed by atoms with Crippen LogP contribution in [-0.2, 0) is 11.2 Å². The predicted octanol–water partition coefficient (Wildman–Crippen LogP) is 1.07. The van der Waals surface area contributed by atoms with Gasteiger partial charge in [0.25, 0.3) is 0 Å². The molecule has 17 heavy (non-hydrogen) atoms. The molecule has 94 valence electrons. The summed E-state index contributed by atoms with van der Waals surface area (Å²) in [5, 5.41) is 3.30. The van der Waals surface area contributed by atoms with Crippen LogP contribution in [0.1, 0.15) is 19.6 Å². The molecule has 4 heteroatoms. The van der Waals surface area contributed by atoms with E-state index in [4.69, 9.17) is 4.42 Å². The molecule has 1 aliphatic rings. The van der Waals surface area contributed by atoms with Crippen LogP contribution in [0.3, 0.4) is 0 Å². The lowest BCUT2D eigenvalue weighted by Gasteiger charge is -2.39. The fraction of sp³-hybridized carbons (Fsp3) is 0.615. The van der Waals surface area contributed by atoms with Gasteiger partial charge in [0.1, 0.15) is 5.76 Å². The Morgan fingerprint density at radius 1 is 1.47 bits per heavy atom. The monoisotopic (exact) mass is 236 g/mol. The first-order valence-corrected chi connectivity index (χ1v) is 6.12. The SMILES string of the molecule is CC(C)(C(=O)Cc1ccco1)N1CCNCC1. The van der Waals surface area contributed by atoms with Crippen molar-refractivity contribution in [3.63, 3.8) is 0 Å². The zero-order valence-corrected chi connectivity index (χ0v) is 10.5. The van der Waals surface area contributed by atoms with E-state index < -0.39 is 5.54 Å². The quantitative estimate of drug-likeness (QED) is 0.849. The van der Waals surface area contributed by atoms with Crippen molar-refractivity contribution in [1.29, 1.82) is 0 Å². The smallest absolute Gasteiger partial charge is 0.160 e. The lowest BCUT2D eigenvalue weighted by Crippen LogP contribution is -2.57. The molecule has 1 aromatic heterocycles. The molecule has 0 spiro atoms. The number of nitrogens with one attached hydrogen (secondary N) is 1. The topological polar surface area (TPSA) is 45.5 Å². The van der Waals surface area contributed by atoms with Gasteiger partial charge in [-0.25, -0.2) is 0 Å². The molecular weight excluding hydrogens is 216 g/mol. The summed E-state index contributed by atoms with van der Waals surface area (Å²) in [5.41, 5.74) is -0.408. The Morgan fingerprint density at radius 3 is 2.76 bits per heavy atom. The Labute approximate surface area is 102 Å². The highest BCUT2D eigenvalue weighted by atomic mass is 16.3. The molecule has 0 bridgehead atoms. The van der Waals surface area contributed by atoms with E-state index in [1.165, 1.54) is 0 Å². The minimum absolute atomic E-state index is 0.217. The molecule has 1 aromatic rings. The van der Waals surface area contributed by atoms with Gasteiger partial charge in [-0.3, -0.25) is 9.69 Å². The Bertz CT molecular complexity index is 365. The van der Waals surface area contributed by atoms with Crippen LogP contribution in [-0.4, -0.2) is 42.4 Å². The van der Waals surface area contributed by atoms with Crippen LogP contribution < -0.4 is 5.32 Å². The molecule has 4 nitrogen and oxygen atoms in total. The van der Waals surface area contributed by atoms with Gasteiger partial charge in [-0.05, 0) is 26.0 Å². The van der Waals surface area contributed by atoms with E-state index in [2.05, 4.69) is 10.2 Å². The van der Waals surface area contributed by atoms with E-state index in [0.717, 1.165) is 31.9 Å². The summed E-state index contributed by atoms with van der Waals surface area (Å²) in [7, 11) is 0. The molecule has 1 aliphatic heterocycles. The van der Waals surface area contributed by atoms with Gasteiger partial charge in [-0.1, -0.05) is 0 Å². The van der Waals surface area contributed by atoms with Crippen molar-refractivity contribution in [2.24, 2.45) is 0 Å². The second-order valence-corrected chi connectivity index (χ2v) is 4.98. The lowest BCUT2D eigenvalue weighted by atomic mass is 9.93. The molecule has 1 fully saturated rings. The van der Waals surface area contributed by atoms with Crippen LogP contribution in [0.25, 0.3) is 0 Å². The molecular formula is C13H20N2O2. The van der Waals surface area contributed by atoms with Gasteiger partial charge in [0.2, 0.25) is 0 Å². The number of carbonyl (C=O) groups is 1. The van der Waals surface area contributed by atoms with E-state index in [1.54, 1.807) is 6.26 Å².